The molecule has 1 heterocycles. The molecule has 0 aliphatic heterocycles. The van der Waals surface area contributed by atoms with Gasteiger partial charge >= 0.3 is 11.9 Å². The van der Waals surface area contributed by atoms with Crippen LogP contribution < -0.4 is 0 Å². The van der Waals surface area contributed by atoms with Gasteiger partial charge in [0.15, 0.2) is 0 Å². The molecule has 18 heavy (non-hydrogen) atoms. The molecule has 0 aliphatic carbocycles. The summed E-state index contributed by atoms with van der Waals surface area (Å²) in [7, 11) is 0. The van der Waals surface area contributed by atoms with Gasteiger partial charge in [-0.25, -0.2) is 4.79 Å². The van der Waals surface area contributed by atoms with Crippen molar-refractivity contribution in [2.45, 2.75) is 6.92 Å². The summed E-state index contributed by atoms with van der Waals surface area (Å²) < 4.78 is 10.5. The van der Waals surface area contributed by atoms with E-state index in [0.717, 1.165) is 3.57 Å². The summed E-state index contributed by atoms with van der Waals surface area (Å²) >= 11 is 8.07. The maximum absolute atomic E-state index is 11.4. The average molecular weight is 379 g/mol. The fourth-order valence-corrected chi connectivity index (χ4v) is 2.39. The van der Waals surface area contributed by atoms with Crippen LogP contribution in [0.5, 0.6) is 0 Å². The predicted molar refractivity (Wildman–Crippen MR) is 73.4 cm³/mol. The number of esters is 1. The first-order chi connectivity index (χ1) is 8.60. The van der Waals surface area contributed by atoms with Crippen molar-refractivity contribution in [3.05, 3.63) is 32.7 Å². The van der Waals surface area contributed by atoms with Crippen LogP contribution in [0, 0.1) is 3.57 Å². The first kappa shape index (κ1) is 13.3. The Balaban J connectivity index is 2.32. The fourth-order valence-electron chi connectivity index (χ4n) is 1.30. The van der Waals surface area contributed by atoms with Crippen molar-refractivity contribution in [1.82, 2.24) is 10.1 Å². The topological polar surface area (TPSA) is 65.2 Å². The summed E-state index contributed by atoms with van der Waals surface area (Å²) in [6, 6.07) is 5.34. The molecule has 1 aromatic heterocycles. The lowest BCUT2D eigenvalue weighted by molar-refractivity contribution is 0.0470. The van der Waals surface area contributed by atoms with Crippen LogP contribution in [-0.2, 0) is 4.74 Å². The number of aromatic nitrogens is 2. The van der Waals surface area contributed by atoms with Gasteiger partial charge in [-0.3, -0.25) is 0 Å². The summed E-state index contributed by atoms with van der Waals surface area (Å²) in [6.45, 7) is 1.96. The van der Waals surface area contributed by atoms with E-state index in [4.69, 9.17) is 20.9 Å². The van der Waals surface area contributed by atoms with Crippen molar-refractivity contribution >= 4 is 40.2 Å². The molecule has 1 aromatic carbocycles. The highest BCUT2D eigenvalue weighted by atomic mass is 127. The van der Waals surface area contributed by atoms with E-state index in [2.05, 4.69) is 32.7 Å². The van der Waals surface area contributed by atoms with Crippen molar-refractivity contribution in [2.75, 3.05) is 6.61 Å². The maximum atomic E-state index is 11.4. The number of benzene rings is 1. The Morgan fingerprint density at radius 3 is 2.94 bits per heavy atom. The lowest BCUT2D eigenvalue weighted by Gasteiger charge is -1.97. The van der Waals surface area contributed by atoms with Gasteiger partial charge < -0.3 is 9.26 Å². The minimum Gasteiger partial charge on any atom is -0.459 e. The van der Waals surface area contributed by atoms with Crippen molar-refractivity contribution in [2.24, 2.45) is 0 Å². The number of hydrogen-bond donors (Lipinski definition) is 0. The predicted octanol–water partition coefficient (Wildman–Crippen LogP) is 3.17. The number of carbonyl (C=O) groups excluding carboxylic acids is 1. The number of hydrogen-bond acceptors (Lipinski definition) is 5. The van der Waals surface area contributed by atoms with Crippen molar-refractivity contribution in [3.63, 3.8) is 0 Å². The van der Waals surface area contributed by atoms with Gasteiger partial charge in [0.2, 0.25) is 5.82 Å². The van der Waals surface area contributed by atoms with E-state index < -0.39 is 5.97 Å². The van der Waals surface area contributed by atoms with Gasteiger partial charge in [0.1, 0.15) is 0 Å². The van der Waals surface area contributed by atoms with Gasteiger partial charge in [-0.2, -0.15) is 4.98 Å². The quantitative estimate of drug-likeness (QED) is 0.606. The second-order valence-corrected chi connectivity index (χ2v) is 4.98. The van der Waals surface area contributed by atoms with Crippen molar-refractivity contribution in [3.8, 4) is 11.4 Å². The minimum absolute atomic E-state index is 0.165. The van der Waals surface area contributed by atoms with Gasteiger partial charge in [-0.15, -0.1) is 0 Å². The van der Waals surface area contributed by atoms with E-state index in [0.29, 0.717) is 16.4 Å². The summed E-state index contributed by atoms with van der Waals surface area (Å²) in [4.78, 5) is 15.3. The summed E-state index contributed by atoms with van der Waals surface area (Å²) in [6.07, 6.45) is 0. The van der Waals surface area contributed by atoms with Crippen LogP contribution in [0.15, 0.2) is 22.7 Å². The van der Waals surface area contributed by atoms with E-state index in [1.54, 1.807) is 19.1 Å². The molecule has 5 nitrogen and oxygen atoms in total. The SMILES string of the molecule is CCOC(=O)c1nc(-c2cc(Cl)cc(I)c2)no1. The van der Waals surface area contributed by atoms with Gasteiger partial charge in [0.05, 0.1) is 6.61 Å². The number of rotatable bonds is 3. The molecule has 0 aliphatic rings. The second kappa shape index (κ2) is 5.66. The van der Waals surface area contributed by atoms with Crippen LogP contribution in [0.2, 0.25) is 5.02 Å². The van der Waals surface area contributed by atoms with Crippen LogP contribution >= 0.6 is 34.2 Å². The molecule has 0 fully saturated rings. The largest absolute Gasteiger partial charge is 0.459 e. The molecule has 0 N–H and O–H groups in total. The van der Waals surface area contributed by atoms with Gasteiger partial charge in [-0.05, 0) is 47.7 Å². The van der Waals surface area contributed by atoms with E-state index >= 15 is 0 Å². The molecular weight excluding hydrogens is 370 g/mol. The summed E-state index contributed by atoms with van der Waals surface area (Å²) in [5, 5.41) is 4.29. The first-order valence-corrected chi connectivity index (χ1v) is 6.53. The van der Waals surface area contributed by atoms with Gasteiger partial charge in [0, 0.05) is 14.2 Å². The molecule has 0 saturated heterocycles. The molecule has 0 radical (unpaired) electrons. The molecule has 2 rings (SSSR count). The Labute approximate surface area is 122 Å². The Kier molecular flexibility index (Phi) is 4.18. The zero-order valence-corrected chi connectivity index (χ0v) is 12.2. The normalized spacial score (nSPS) is 10.4. The molecule has 7 heteroatoms. The molecular formula is C11H8ClIN2O3. The second-order valence-electron chi connectivity index (χ2n) is 3.30. The monoisotopic (exact) mass is 378 g/mol. The lowest BCUT2D eigenvalue weighted by Crippen LogP contribution is -2.04. The Morgan fingerprint density at radius 1 is 1.50 bits per heavy atom. The fraction of sp³-hybridized carbons (Fsp3) is 0.182. The third kappa shape index (κ3) is 2.99. The number of ether oxygens (including phenoxy) is 1. The van der Waals surface area contributed by atoms with E-state index in [-0.39, 0.29) is 12.5 Å². The molecule has 0 saturated carbocycles. The van der Waals surface area contributed by atoms with Crippen molar-refractivity contribution < 1.29 is 14.1 Å². The van der Waals surface area contributed by atoms with E-state index in [9.17, 15) is 4.79 Å². The molecule has 0 unspecified atom stereocenters. The third-order valence-electron chi connectivity index (χ3n) is 2.00. The molecule has 0 atom stereocenters. The zero-order chi connectivity index (χ0) is 13.1. The van der Waals surface area contributed by atoms with E-state index in [1.165, 1.54) is 0 Å². The Hall–Kier alpha value is -1.15. The Morgan fingerprint density at radius 2 is 2.28 bits per heavy atom. The van der Waals surface area contributed by atoms with Crippen LogP contribution in [0.25, 0.3) is 11.4 Å². The summed E-state index contributed by atoms with van der Waals surface area (Å²) in [5.41, 5.74) is 0.686. The van der Waals surface area contributed by atoms with E-state index in [1.807, 2.05) is 6.07 Å². The molecule has 0 spiro atoms. The number of carbonyl (C=O) groups is 1. The third-order valence-corrected chi connectivity index (χ3v) is 2.84. The number of nitrogens with zero attached hydrogens (tertiary/aromatic N) is 2. The molecule has 2 aromatic rings. The number of halogens is 2. The van der Waals surface area contributed by atoms with Crippen LogP contribution in [0.4, 0.5) is 0 Å². The lowest BCUT2D eigenvalue weighted by atomic mass is 10.2. The smallest absolute Gasteiger partial charge is 0.397 e. The van der Waals surface area contributed by atoms with Crippen LogP contribution in [0.1, 0.15) is 17.6 Å². The highest BCUT2D eigenvalue weighted by Crippen LogP contribution is 2.23. The zero-order valence-electron chi connectivity index (χ0n) is 9.31. The maximum Gasteiger partial charge on any atom is 0.397 e. The standard InChI is InChI=1S/C11H8ClIN2O3/c1-2-17-11(16)10-14-9(15-18-10)6-3-7(12)5-8(13)4-6/h3-5H,2H2,1H3. The summed E-state index contributed by atoms with van der Waals surface area (Å²) in [5.74, 6) is -0.492. The molecule has 0 amide bonds. The van der Waals surface area contributed by atoms with Gasteiger partial charge in [-0.1, -0.05) is 16.8 Å². The minimum atomic E-state index is -0.632. The van der Waals surface area contributed by atoms with Crippen LogP contribution in [-0.4, -0.2) is 22.7 Å². The van der Waals surface area contributed by atoms with Crippen LogP contribution in [0.3, 0.4) is 0 Å². The molecule has 0 bridgehead atoms. The van der Waals surface area contributed by atoms with Gasteiger partial charge in [0.25, 0.3) is 0 Å². The highest BCUT2D eigenvalue weighted by Gasteiger charge is 2.17. The Bertz CT molecular complexity index is 565. The first-order valence-electron chi connectivity index (χ1n) is 5.07. The molecule has 94 valence electrons. The highest BCUT2D eigenvalue weighted by molar-refractivity contribution is 14.1. The average Bonchev–Trinajstić information content (AvgIpc) is 2.77. The van der Waals surface area contributed by atoms with Crippen molar-refractivity contribution in [1.29, 1.82) is 0 Å².